The van der Waals surface area contributed by atoms with Crippen molar-refractivity contribution in [2.45, 2.75) is 26.2 Å². The molecular formula is C15H20N4O2. The summed E-state index contributed by atoms with van der Waals surface area (Å²) in [6.45, 7) is 2.12. The maximum Gasteiger partial charge on any atom is 0.321 e. The van der Waals surface area contributed by atoms with Gasteiger partial charge in [-0.05, 0) is 24.6 Å². The molecule has 21 heavy (non-hydrogen) atoms. The molecule has 0 aliphatic rings. The highest BCUT2D eigenvalue weighted by molar-refractivity contribution is 5.89. The average Bonchev–Trinajstić information content (AvgIpc) is 2.94. The van der Waals surface area contributed by atoms with E-state index in [4.69, 9.17) is 4.52 Å². The van der Waals surface area contributed by atoms with E-state index < -0.39 is 0 Å². The number of nitrogens with zero attached hydrogens (tertiary/aromatic N) is 3. The maximum atomic E-state index is 11.6. The highest BCUT2D eigenvalue weighted by Gasteiger charge is 2.10. The monoisotopic (exact) mass is 288 g/mol. The second-order valence-electron chi connectivity index (χ2n) is 5.02. The Kier molecular flexibility index (Phi) is 4.92. The van der Waals surface area contributed by atoms with E-state index in [1.165, 1.54) is 4.90 Å². The number of carbonyl (C=O) groups excluding carboxylic acids is 1. The lowest BCUT2D eigenvalue weighted by Crippen LogP contribution is -2.27. The molecule has 2 amide bonds. The summed E-state index contributed by atoms with van der Waals surface area (Å²) in [4.78, 5) is 17.5. The first-order valence-corrected chi connectivity index (χ1v) is 7.01. The molecule has 0 aliphatic carbocycles. The molecule has 6 heteroatoms. The number of unbranched alkanes of at least 4 members (excludes halogenated alkanes) is 1. The molecule has 2 rings (SSSR count). The fraction of sp³-hybridized carbons (Fsp3) is 0.400. The van der Waals surface area contributed by atoms with E-state index >= 15 is 0 Å². The van der Waals surface area contributed by atoms with Crippen LogP contribution in [-0.4, -0.2) is 35.2 Å². The van der Waals surface area contributed by atoms with E-state index in [1.54, 1.807) is 14.1 Å². The summed E-state index contributed by atoms with van der Waals surface area (Å²) < 4.78 is 5.27. The van der Waals surface area contributed by atoms with Gasteiger partial charge in [-0.3, -0.25) is 0 Å². The summed E-state index contributed by atoms with van der Waals surface area (Å²) in [7, 11) is 3.38. The van der Waals surface area contributed by atoms with Crippen molar-refractivity contribution >= 4 is 11.7 Å². The van der Waals surface area contributed by atoms with Crippen molar-refractivity contribution in [1.82, 2.24) is 15.0 Å². The van der Waals surface area contributed by atoms with Crippen molar-refractivity contribution in [1.29, 1.82) is 0 Å². The topological polar surface area (TPSA) is 71.3 Å². The SMILES string of the molecule is CCCCc1noc(-c2cccc(NC(=O)N(C)C)c2)n1. The molecule has 6 nitrogen and oxygen atoms in total. The van der Waals surface area contributed by atoms with Crippen LogP contribution < -0.4 is 5.32 Å². The van der Waals surface area contributed by atoms with Gasteiger partial charge < -0.3 is 14.7 Å². The van der Waals surface area contributed by atoms with Crippen LogP contribution in [0.5, 0.6) is 0 Å². The van der Waals surface area contributed by atoms with E-state index in [2.05, 4.69) is 22.4 Å². The first-order valence-electron chi connectivity index (χ1n) is 7.01. The quantitative estimate of drug-likeness (QED) is 0.917. The number of carbonyl (C=O) groups is 1. The molecule has 2 aromatic rings. The number of hydrogen-bond donors (Lipinski definition) is 1. The fourth-order valence-corrected chi connectivity index (χ4v) is 1.77. The number of nitrogens with one attached hydrogen (secondary N) is 1. The van der Waals surface area contributed by atoms with Crippen LogP contribution in [0.3, 0.4) is 0 Å². The minimum absolute atomic E-state index is 0.179. The van der Waals surface area contributed by atoms with Crippen molar-refractivity contribution in [2.24, 2.45) is 0 Å². The van der Waals surface area contributed by atoms with Crippen molar-refractivity contribution in [2.75, 3.05) is 19.4 Å². The van der Waals surface area contributed by atoms with Gasteiger partial charge in [0.1, 0.15) is 0 Å². The molecule has 0 saturated heterocycles. The van der Waals surface area contributed by atoms with Crippen LogP contribution in [0.25, 0.3) is 11.5 Å². The number of benzene rings is 1. The molecule has 0 unspecified atom stereocenters. The zero-order valence-electron chi connectivity index (χ0n) is 12.6. The van der Waals surface area contributed by atoms with E-state index in [0.29, 0.717) is 11.6 Å². The first-order chi connectivity index (χ1) is 10.1. The van der Waals surface area contributed by atoms with Crippen LogP contribution in [-0.2, 0) is 6.42 Å². The van der Waals surface area contributed by atoms with Crippen LogP contribution in [0.1, 0.15) is 25.6 Å². The summed E-state index contributed by atoms with van der Waals surface area (Å²) in [6, 6.07) is 7.18. The van der Waals surface area contributed by atoms with Gasteiger partial charge in [-0.25, -0.2) is 4.79 Å². The molecule has 0 bridgehead atoms. The van der Waals surface area contributed by atoms with Gasteiger partial charge in [0.25, 0.3) is 5.89 Å². The van der Waals surface area contributed by atoms with Crippen LogP contribution in [0.15, 0.2) is 28.8 Å². The van der Waals surface area contributed by atoms with Crippen molar-refractivity contribution in [3.8, 4) is 11.5 Å². The molecule has 0 aliphatic heterocycles. The van der Waals surface area contributed by atoms with Crippen LogP contribution >= 0.6 is 0 Å². The Morgan fingerprint density at radius 2 is 2.19 bits per heavy atom. The van der Waals surface area contributed by atoms with Gasteiger partial charge in [0.05, 0.1) is 0 Å². The minimum atomic E-state index is -0.179. The maximum absolute atomic E-state index is 11.6. The molecule has 1 aromatic carbocycles. The average molecular weight is 288 g/mol. The number of hydrogen-bond acceptors (Lipinski definition) is 4. The number of urea groups is 1. The van der Waals surface area contributed by atoms with Crippen LogP contribution in [0, 0.1) is 0 Å². The Morgan fingerprint density at radius 3 is 2.90 bits per heavy atom. The van der Waals surface area contributed by atoms with E-state index in [-0.39, 0.29) is 6.03 Å². The van der Waals surface area contributed by atoms with Gasteiger partial charge >= 0.3 is 6.03 Å². The molecular weight excluding hydrogens is 268 g/mol. The second kappa shape index (κ2) is 6.88. The molecule has 0 atom stereocenters. The Hall–Kier alpha value is -2.37. The molecule has 1 N–H and O–H groups in total. The number of amides is 2. The fourth-order valence-electron chi connectivity index (χ4n) is 1.77. The number of rotatable bonds is 5. The van der Waals surface area contributed by atoms with Gasteiger partial charge in [0.2, 0.25) is 0 Å². The van der Waals surface area contributed by atoms with E-state index in [0.717, 1.165) is 30.7 Å². The molecule has 0 fully saturated rings. The van der Waals surface area contributed by atoms with Crippen molar-refractivity contribution in [3.63, 3.8) is 0 Å². The van der Waals surface area contributed by atoms with Gasteiger partial charge in [-0.15, -0.1) is 0 Å². The van der Waals surface area contributed by atoms with Gasteiger partial charge in [-0.1, -0.05) is 24.6 Å². The Bertz CT molecular complexity index is 607. The van der Waals surface area contributed by atoms with Crippen molar-refractivity contribution < 1.29 is 9.32 Å². The Morgan fingerprint density at radius 1 is 1.38 bits per heavy atom. The lowest BCUT2D eigenvalue weighted by atomic mass is 10.2. The standard InChI is InChI=1S/C15H20N4O2/c1-4-5-9-13-17-14(21-18-13)11-7-6-8-12(10-11)16-15(20)19(2)3/h6-8,10H,4-5,9H2,1-3H3,(H,16,20). The zero-order chi connectivity index (χ0) is 15.2. The number of anilines is 1. The second-order valence-corrected chi connectivity index (χ2v) is 5.02. The Balaban J connectivity index is 2.13. The lowest BCUT2D eigenvalue weighted by Gasteiger charge is -2.12. The predicted octanol–water partition coefficient (Wildman–Crippen LogP) is 3.17. The molecule has 1 heterocycles. The van der Waals surface area contributed by atoms with Crippen LogP contribution in [0.4, 0.5) is 10.5 Å². The van der Waals surface area contributed by atoms with Gasteiger partial charge in [0.15, 0.2) is 5.82 Å². The van der Waals surface area contributed by atoms with Crippen molar-refractivity contribution in [3.05, 3.63) is 30.1 Å². The third kappa shape index (κ3) is 4.05. The highest BCUT2D eigenvalue weighted by atomic mass is 16.5. The molecule has 1 aromatic heterocycles. The summed E-state index contributed by atoms with van der Waals surface area (Å²) in [6.07, 6.45) is 2.95. The van der Waals surface area contributed by atoms with Gasteiger partial charge in [0, 0.05) is 31.8 Å². The summed E-state index contributed by atoms with van der Waals surface area (Å²) in [5.41, 5.74) is 1.49. The smallest absolute Gasteiger partial charge is 0.321 e. The van der Waals surface area contributed by atoms with E-state index in [9.17, 15) is 4.79 Å². The van der Waals surface area contributed by atoms with Gasteiger partial charge in [-0.2, -0.15) is 4.98 Å². The number of aryl methyl sites for hydroxylation is 1. The normalized spacial score (nSPS) is 10.4. The zero-order valence-corrected chi connectivity index (χ0v) is 12.6. The molecule has 0 saturated carbocycles. The number of aromatic nitrogens is 2. The minimum Gasteiger partial charge on any atom is -0.334 e. The third-order valence-electron chi connectivity index (χ3n) is 2.99. The predicted molar refractivity (Wildman–Crippen MR) is 81.1 cm³/mol. The Labute approximate surface area is 124 Å². The first kappa shape index (κ1) is 15.0. The molecule has 0 radical (unpaired) electrons. The highest BCUT2D eigenvalue weighted by Crippen LogP contribution is 2.21. The largest absolute Gasteiger partial charge is 0.334 e. The van der Waals surface area contributed by atoms with Crippen LogP contribution in [0.2, 0.25) is 0 Å². The third-order valence-corrected chi connectivity index (χ3v) is 2.99. The summed E-state index contributed by atoms with van der Waals surface area (Å²) in [5, 5.41) is 6.76. The summed E-state index contributed by atoms with van der Waals surface area (Å²) >= 11 is 0. The lowest BCUT2D eigenvalue weighted by molar-refractivity contribution is 0.230. The molecule has 0 spiro atoms. The summed E-state index contributed by atoms with van der Waals surface area (Å²) in [5.74, 6) is 1.19. The van der Waals surface area contributed by atoms with E-state index in [1.807, 2.05) is 24.3 Å². The molecule has 112 valence electrons.